The molecule has 1 amide bonds. The Hall–Kier alpha value is -2.41. The Morgan fingerprint density at radius 3 is 2.40 bits per heavy atom. The molecule has 5 nitrogen and oxygen atoms in total. The van der Waals surface area contributed by atoms with Crippen LogP contribution in [0.2, 0.25) is 0 Å². The molecule has 0 aromatic heterocycles. The third-order valence-electron chi connectivity index (χ3n) is 3.42. The quantitative estimate of drug-likeness (QED) is 0.822. The van der Waals surface area contributed by atoms with Gasteiger partial charge in [-0.2, -0.15) is 0 Å². The van der Waals surface area contributed by atoms with Gasteiger partial charge in [-0.1, -0.05) is 38.1 Å². The van der Waals surface area contributed by atoms with E-state index in [9.17, 15) is 17.6 Å². The summed E-state index contributed by atoms with van der Waals surface area (Å²) >= 11 is 0. The standard InChI is InChI=1S/C18H21FN2O3S/c1-14(2)12-20-18(22)13-21(16-8-6-7-15(19)11-16)25(23,24)17-9-4-3-5-10-17/h3-11,14H,12-13H2,1-2H3,(H,20,22). The van der Waals surface area contributed by atoms with Crippen molar-refractivity contribution in [2.45, 2.75) is 18.7 Å². The van der Waals surface area contributed by atoms with Crippen molar-refractivity contribution < 1.29 is 17.6 Å². The zero-order valence-electron chi connectivity index (χ0n) is 14.1. The summed E-state index contributed by atoms with van der Waals surface area (Å²) in [6.07, 6.45) is 0. The first-order chi connectivity index (χ1) is 11.8. The SMILES string of the molecule is CC(C)CNC(=O)CN(c1cccc(F)c1)S(=O)(=O)c1ccccc1. The summed E-state index contributed by atoms with van der Waals surface area (Å²) in [7, 11) is -4.00. The summed E-state index contributed by atoms with van der Waals surface area (Å²) in [6.45, 7) is 3.88. The van der Waals surface area contributed by atoms with E-state index in [4.69, 9.17) is 0 Å². The molecule has 0 aliphatic carbocycles. The van der Waals surface area contributed by atoms with Crippen LogP contribution in [0.4, 0.5) is 10.1 Å². The Labute approximate surface area is 147 Å². The van der Waals surface area contributed by atoms with Crippen molar-refractivity contribution in [3.8, 4) is 0 Å². The highest BCUT2D eigenvalue weighted by atomic mass is 32.2. The largest absolute Gasteiger partial charge is 0.354 e. The summed E-state index contributed by atoms with van der Waals surface area (Å²) in [5, 5.41) is 2.68. The number of amides is 1. The van der Waals surface area contributed by atoms with Crippen LogP contribution in [0.15, 0.2) is 59.5 Å². The molecule has 0 aliphatic rings. The van der Waals surface area contributed by atoms with Crippen LogP contribution < -0.4 is 9.62 Å². The summed E-state index contributed by atoms with van der Waals surface area (Å²) in [5.74, 6) is -0.789. The van der Waals surface area contributed by atoms with E-state index >= 15 is 0 Å². The maximum absolute atomic E-state index is 13.6. The average molecular weight is 364 g/mol. The fourth-order valence-corrected chi connectivity index (χ4v) is 3.60. The van der Waals surface area contributed by atoms with Gasteiger partial charge >= 0.3 is 0 Å². The highest BCUT2D eigenvalue weighted by Crippen LogP contribution is 2.24. The van der Waals surface area contributed by atoms with Crippen LogP contribution >= 0.6 is 0 Å². The first-order valence-electron chi connectivity index (χ1n) is 7.91. The summed E-state index contributed by atoms with van der Waals surface area (Å²) in [5.41, 5.74) is 0.101. The van der Waals surface area contributed by atoms with Crippen molar-refractivity contribution in [1.29, 1.82) is 0 Å². The van der Waals surface area contributed by atoms with Gasteiger partial charge in [-0.25, -0.2) is 12.8 Å². The van der Waals surface area contributed by atoms with Crippen molar-refractivity contribution in [2.24, 2.45) is 5.92 Å². The molecular formula is C18H21FN2O3S. The van der Waals surface area contributed by atoms with E-state index in [0.717, 1.165) is 10.4 Å². The minimum atomic E-state index is -4.00. The minimum absolute atomic E-state index is 0.0379. The second-order valence-corrected chi connectivity index (χ2v) is 7.86. The molecule has 0 bridgehead atoms. The highest BCUT2D eigenvalue weighted by Gasteiger charge is 2.27. The zero-order chi connectivity index (χ0) is 18.4. The number of halogens is 1. The molecule has 2 aromatic carbocycles. The van der Waals surface area contributed by atoms with Gasteiger partial charge in [0, 0.05) is 6.54 Å². The van der Waals surface area contributed by atoms with E-state index in [1.807, 2.05) is 13.8 Å². The number of rotatable bonds is 7. The molecule has 0 radical (unpaired) electrons. The third-order valence-corrected chi connectivity index (χ3v) is 5.21. The van der Waals surface area contributed by atoms with E-state index in [1.54, 1.807) is 18.2 Å². The van der Waals surface area contributed by atoms with Crippen molar-refractivity contribution >= 4 is 21.6 Å². The number of nitrogens with zero attached hydrogens (tertiary/aromatic N) is 1. The van der Waals surface area contributed by atoms with Crippen molar-refractivity contribution in [1.82, 2.24) is 5.32 Å². The van der Waals surface area contributed by atoms with E-state index in [1.165, 1.54) is 30.3 Å². The fraction of sp³-hybridized carbons (Fsp3) is 0.278. The topological polar surface area (TPSA) is 66.5 Å². The fourth-order valence-electron chi connectivity index (χ4n) is 2.17. The molecule has 0 aliphatic heterocycles. The Balaban J connectivity index is 2.37. The highest BCUT2D eigenvalue weighted by molar-refractivity contribution is 7.92. The number of nitrogens with one attached hydrogen (secondary N) is 1. The van der Waals surface area contributed by atoms with Gasteiger partial charge in [-0.3, -0.25) is 9.10 Å². The lowest BCUT2D eigenvalue weighted by molar-refractivity contribution is -0.119. The van der Waals surface area contributed by atoms with Gasteiger partial charge in [0.25, 0.3) is 10.0 Å². The van der Waals surface area contributed by atoms with Crippen LogP contribution in [-0.4, -0.2) is 27.4 Å². The first-order valence-corrected chi connectivity index (χ1v) is 9.35. The number of hydrogen-bond donors (Lipinski definition) is 1. The van der Waals surface area contributed by atoms with Crippen LogP contribution in [0.3, 0.4) is 0 Å². The van der Waals surface area contributed by atoms with Crippen molar-refractivity contribution in [3.05, 3.63) is 60.4 Å². The van der Waals surface area contributed by atoms with Crippen LogP contribution in [-0.2, 0) is 14.8 Å². The first kappa shape index (κ1) is 18.9. The lowest BCUT2D eigenvalue weighted by Crippen LogP contribution is -2.41. The Kier molecular flexibility index (Phi) is 6.14. The third kappa shape index (κ3) is 5.03. The minimum Gasteiger partial charge on any atom is -0.354 e. The number of anilines is 1. The maximum Gasteiger partial charge on any atom is 0.264 e. The number of benzene rings is 2. The van der Waals surface area contributed by atoms with Gasteiger partial charge in [-0.05, 0) is 36.2 Å². The zero-order valence-corrected chi connectivity index (χ0v) is 15.0. The van der Waals surface area contributed by atoms with Crippen LogP contribution in [0.25, 0.3) is 0 Å². The van der Waals surface area contributed by atoms with Gasteiger partial charge in [0.1, 0.15) is 12.4 Å². The Bertz CT molecular complexity index is 823. The van der Waals surface area contributed by atoms with Crippen molar-refractivity contribution in [3.63, 3.8) is 0 Å². The summed E-state index contributed by atoms with van der Waals surface area (Å²) < 4.78 is 40.4. The monoisotopic (exact) mass is 364 g/mol. The van der Waals surface area contributed by atoms with Crippen LogP contribution in [0.1, 0.15) is 13.8 Å². The number of hydrogen-bond acceptors (Lipinski definition) is 3. The molecule has 7 heteroatoms. The maximum atomic E-state index is 13.6. The summed E-state index contributed by atoms with van der Waals surface area (Å²) in [4.78, 5) is 12.2. The molecule has 0 spiro atoms. The van der Waals surface area contributed by atoms with Gasteiger partial charge in [0.15, 0.2) is 0 Å². The predicted molar refractivity (Wildman–Crippen MR) is 95.2 cm³/mol. The number of carbonyl (C=O) groups excluding carboxylic acids is 1. The molecular weight excluding hydrogens is 343 g/mol. The van der Waals surface area contributed by atoms with Crippen molar-refractivity contribution in [2.75, 3.05) is 17.4 Å². The second-order valence-electron chi connectivity index (χ2n) is 6.00. The average Bonchev–Trinajstić information content (AvgIpc) is 2.58. The van der Waals surface area contributed by atoms with Gasteiger partial charge in [0.2, 0.25) is 5.91 Å². The van der Waals surface area contributed by atoms with E-state index < -0.39 is 28.3 Å². The molecule has 0 fully saturated rings. The smallest absolute Gasteiger partial charge is 0.264 e. The summed E-state index contributed by atoms with van der Waals surface area (Å²) in [6, 6.07) is 12.9. The van der Waals surface area contributed by atoms with Crippen LogP contribution in [0.5, 0.6) is 0 Å². The lowest BCUT2D eigenvalue weighted by Gasteiger charge is -2.24. The van der Waals surface area contributed by atoms with Gasteiger partial charge < -0.3 is 5.32 Å². The molecule has 1 N–H and O–H groups in total. The Morgan fingerprint density at radius 2 is 1.80 bits per heavy atom. The molecule has 0 unspecified atom stereocenters. The molecule has 2 rings (SSSR count). The van der Waals surface area contributed by atoms with E-state index in [2.05, 4.69) is 5.32 Å². The van der Waals surface area contributed by atoms with E-state index in [0.29, 0.717) is 6.54 Å². The molecule has 25 heavy (non-hydrogen) atoms. The molecule has 2 aromatic rings. The molecule has 0 saturated heterocycles. The van der Waals surface area contributed by atoms with E-state index in [-0.39, 0.29) is 16.5 Å². The molecule has 0 atom stereocenters. The lowest BCUT2D eigenvalue weighted by atomic mass is 10.2. The number of sulfonamides is 1. The molecule has 0 saturated carbocycles. The molecule has 0 heterocycles. The predicted octanol–water partition coefficient (Wildman–Crippen LogP) is 2.79. The molecule has 134 valence electrons. The number of carbonyl (C=O) groups is 1. The second kappa shape index (κ2) is 8.11. The Morgan fingerprint density at radius 1 is 1.12 bits per heavy atom. The van der Waals surface area contributed by atoms with Gasteiger partial charge in [0.05, 0.1) is 10.6 Å². The van der Waals surface area contributed by atoms with Crippen LogP contribution in [0, 0.1) is 11.7 Å². The normalized spacial score (nSPS) is 11.4. The van der Waals surface area contributed by atoms with Gasteiger partial charge in [-0.15, -0.1) is 0 Å².